The van der Waals surface area contributed by atoms with Crippen LogP contribution in [0.2, 0.25) is 0 Å². The Kier molecular flexibility index (Phi) is 6.36. The Hall–Kier alpha value is -2.35. The summed E-state index contributed by atoms with van der Waals surface area (Å²) in [5.41, 5.74) is 0.955. The van der Waals surface area contributed by atoms with E-state index in [2.05, 4.69) is 20.8 Å². The quantitative estimate of drug-likeness (QED) is 0.781. The van der Waals surface area contributed by atoms with Crippen molar-refractivity contribution in [3.63, 3.8) is 0 Å². The number of carbonyl (C=O) groups excluding carboxylic acids is 2. The highest BCUT2D eigenvalue weighted by Gasteiger charge is 2.14. The summed E-state index contributed by atoms with van der Waals surface area (Å²) in [6, 6.07) is 9.22. The molecule has 0 aliphatic heterocycles. The zero-order valence-electron chi connectivity index (χ0n) is 13.9. The maximum atomic E-state index is 11.8. The predicted molar refractivity (Wildman–Crippen MR) is 93.5 cm³/mol. The number of thioether (sulfide) groups is 1. The third-order valence-corrected chi connectivity index (χ3v) is 4.14. The summed E-state index contributed by atoms with van der Waals surface area (Å²) in [7, 11) is 1.85. The smallest absolute Gasteiger partial charge is 0.321 e. The number of amides is 3. The van der Waals surface area contributed by atoms with Crippen molar-refractivity contribution in [1.82, 2.24) is 25.4 Å². The van der Waals surface area contributed by atoms with Gasteiger partial charge in [-0.2, -0.15) is 0 Å². The number of hydrogen-bond donors (Lipinski definition) is 2. The Balaban J connectivity index is 1.88. The second kappa shape index (κ2) is 8.49. The second-order valence-electron chi connectivity index (χ2n) is 5.67. The molecule has 0 unspecified atom stereocenters. The molecule has 0 saturated carbocycles. The summed E-state index contributed by atoms with van der Waals surface area (Å²) < 4.78 is 1.83. The van der Waals surface area contributed by atoms with Crippen molar-refractivity contribution in [2.75, 3.05) is 12.3 Å². The number of aromatic nitrogens is 3. The summed E-state index contributed by atoms with van der Waals surface area (Å²) in [5.74, 6) is 0.782. The van der Waals surface area contributed by atoms with Gasteiger partial charge >= 0.3 is 6.03 Å². The molecule has 0 aliphatic carbocycles. The van der Waals surface area contributed by atoms with E-state index < -0.39 is 6.03 Å². The Morgan fingerprint density at radius 2 is 1.92 bits per heavy atom. The number of benzene rings is 1. The summed E-state index contributed by atoms with van der Waals surface area (Å²) in [6.07, 6.45) is 0. The van der Waals surface area contributed by atoms with Gasteiger partial charge in [0.25, 0.3) is 0 Å². The molecule has 7 nitrogen and oxygen atoms in total. The van der Waals surface area contributed by atoms with Crippen molar-refractivity contribution in [3.05, 3.63) is 30.3 Å². The molecular weight excluding hydrogens is 326 g/mol. The summed E-state index contributed by atoms with van der Waals surface area (Å²) >= 11 is 1.23. The van der Waals surface area contributed by atoms with Crippen molar-refractivity contribution in [2.45, 2.75) is 19.0 Å². The first-order chi connectivity index (χ1) is 11.5. The van der Waals surface area contributed by atoms with Gasteiger partial charge in [-0.1, -0.05) is 55.9 Å². The molecule has 2 rings (SSSR count). The normalized spacial score (nSPS) is 10.7. The number of nitrogens with one attached hydrogen (secondary N) is 2. The lowest BCUT2D eigenvalue weighted by Crippen LogP contribution is -2.41. The number of carbonyl (C=O) groups is 2. The number of rotatable bonds is 6. The fraction of sp³-hybridized carbons (Fsp3) is 0.375. The fourth-order valence-corrected chi connectivity index (χ4v) is 2.62. The van der Waals surface area contributed by atoms with Crippen LogP contribution in [0, 0.1) is 5.92 Å². The number of nitrogens with zero attached hydrogens (tertiary/aromatic N) is 3. The van der Waals surface area contributed by atoms with E-state index in [9.17, 15) is 9.59 Å². The van der Waals surface area contributed by atoms with Gasteiger partial charge in [0.05, 0.1) is 5.75 Å². The van der Waals surface area contributed by atoms with Crippen LogP contribution >= 0.6 is 11.8 Å². The van der Waals surface area contributed by atoms with Gasteiger partial charge in [0, 0.05) is 19.2 Å². The zero-order valence-corrected chi connectivity index (χ0v) is 14.8. The van der Waals surface area contributed by atoms with Crippen molar-refractivity contribution in [2.24, 2.45) is 13.0 Å². The maximum Gasteiger partial charge on any atom is 0.321 e. The van der Waals surface area contributed by atoms with E-state index in [1.165, 1.54) is 11.8 Å². The lowest BCUT2D eigenvalue weighted by molar-refractivity contribution is -0.117. The van der Waals surface area contributed by atoms with Gasteiger partial charge in [-0.25, -0.2) is 4.79 Å². The van der Waals surface area contributed by atoms with E-state index in [0.29, 0.717) is 17.6 Å². The van der Waals surface area contributed by atoms with Crippen molar-refractivity contribution >= 4 is 23.7 Å². The molecule has 2 N–H and O–H groups in total. The molecule has 0 bridgehead atoms. The topological polar surface area (TPSA) is 88.9 Å². The molecule has 24 heavy (non-hydrogen) atoms. The van der Waals surface area contributed by atoms with Gasteiger partial charge in [0.15, 0.2) is 11.0 Å². The molecule has 3 amide bonds. The molecule has 1 aromatic heterocycles. The third kappa shape index (κ3) is 5.09. The zero-order chi connectivity index (χ0) is 17.5. The fourth-order valence-electron chi connectivity index (χ4n) is 1.91. The van der Waals surface area contributed by atoms with Crippen LogP contribution in [0.1, 0.15) is 13.8 Å². The lowest BCUT2D eigenvalue weighted by Gasteiger charge is -2.08. The second-order valence-corrected chi connectivity index (χ2v) is 6.61. The molecule has 0 spiro atoms. The van der Waals surface area contributed by atoms with Gasteiger partial charge in [-0.05, 0) is 5.92 Å². The number of imide groups is 1. The Labute approximate surface area is 145 Å². The van der Waals surface area contributed by atoms with E-state index >= 15 is 0 Å². The van der Waals surface area contributed by atoms with Crippen LogP contribution in [0.15, 0.2) is 35.5 Å². The minimum Gasteiger partial charge on any atom is -0.338 e. The summed E-state index contributed by atoms with van der Waals surface area (Å²) in [5, 5.41) is 13.8. The van der Waals surface area contributed by atoms with Crippen LogP contribution in [0.25, 0.3) is 11.4 Å². The largest absolute Gasteiger partial charge is 0.338 e. The van der Waals surface area contributed by atoms with Gasteiger partial charge in [-0.3, -0.25) is 10.1 Å². The summed E-state index contributed by atoms with van der Waals surface area (Å²) in [6.45, 7) is 4.49. The Morgan fingerprint density at radius 1 is 1.21 bits per heavy atom. The van der Waals surface area contributed by atoms with Gasteiger partial charge in [-0.15, -0.1) is 10.2 Å². The molecule has 0 atom stereocenters. The average molecular weight is 347 g/mol. The first kappa shape index (κ1) is 18.0. The maximum absolute atomic E-state index is 11.8. The van der Waals surface area contributed by atoms with E-state index in [-0.39, 0.29) is 11.7 Å². The molecule has 0 fully saturated rings. The summed E-state index contributed by atoms with van der Waals surface area (Å²) in [4.78, 5) is 23.3. The van der Waals surface area contributed by atoms with Crippen LogP contribution in [0.5, 0.6) is 0 Å². The molecule has 2 aromatic rings. The highest BCUT2D eigenvalue weighted by atomic mass is 32.2. The van der Waals surface area contributed by atoms with Gasteiger partial charge in [0.2, 0.25) is 5.91 Å². The number of urea groups is 1. The standard InChI is InChI=1S/C16H21N5O2S/c1-11(2)9-17-15(23)18-13(22)10-24-16-20-19-14(21(16)3)12-7-5-4-6-8-12/h4-8,11H,9-10H2,1-3H3,(H2,17,18,22,23). The molecule has 128 valence electrons. The monoisotopic (exact) mass is 347 g/mol. The van der Waals surface area contributed by atoms with Crippen LogP contribution in [-0.2, 0) is 11.8 Å². The highest BCUT2D eigenvalue weighted by molar-refractivity contribution is 7.99. The molecular formula is C16H21N5O2S. The van der Waals surface area contributed by atoms with E-state index in [0.717, 1.165) is 11.4 Å². The molecule has 0 radical (unpaired) electrons. The van der Waals surface area contributed by atoms with Gasteiger partial charge in [0.1, 0.15) is 0 Å². The van der Waals surface area contributed by atoms with Crippen LogP contribution in [0.4, 0.5) is 4.79 Å². The predicted octanol–water partition coefficient (Wildman–Crippen LogP) is 2.06. The van der Waals surface area contributed by atoms with E-state index in [1.54, 1.807) is 0 Å². The van der Waals surface area contributed by atoms with Crippen molar-refractivity contribution in [3.8, 4) is 11.4 Å². The molecule has 0 saturated heterocycles. The van der Waals surface area contributed by atoms with Crippen LogP contribution in [0.3, 0.4) is 0 Å². The van der Waals surface area contributed by atoms with Gasteiger partial charge < -0.3 is 9.88 Å². The molecule has 8 heteroatoms. The first-order valence-corrected chi connectivity index (χ1v) is 8.61. The Bertz CT molecular complexity index is 700. The minimum absolute atomic E-state index is 0.0931. The minimum atomic E-state index is -0.475. The average Bonchev–Trinajstić information content (AvgIpc) is 2.92. The first-order valence-electron chi connectivity index (χ1n) is 7.62. The lowest BCUT2D eigenvalue weighted by atomic mass is 10.2. The SMILES string of the molecule is CC(C)CNC(=O)NC(=O)CSc1nnc(-c2ccccc2)n1C. The highest BCUT2D eigenvalue weighted by Crippen LogP contribution is 2.22. The van der Waals surface area contributed by atoms with Crippen molar-refractivity contribution in [1.29, 1.82) is 0 Å². The molecule has 1 aromatic carbocycles. The van der Waals surface area contributed by atoms with Crippen molar-refractivity contribution < 1.29 is 9.59 Å². The third-order valence-electron chi connectivity index (χ3n) is 3.12. The van der Waals surface area contributed by atoms with E-state index in [1.807, 2.05) is 55.8 Å². The molecule has 0 aliphatic rings. The van der Waals surface area contributed by atoms with E-state index in [4.69, 9.17) is 0 Å². The number of hydrogen-bond acceptors (Lipinski definition) is 5. The van der Waals surface area contributed by atoms with Crippen LogP contribution < -0.4 is 10.6 Å². The molecule has 1 heterocycles. The van der Waals surface area contributed by atoms with Crippen LogP contribution in [-0.4, -0.2) is 39.0 Å². The Morgan fingerprint density at radius 3 is 2.58 bits per heavy atom.